The summed E-state index contributed by atoms with van der Waals surface area (Å²) in [4.78, 5) is 0. The van der Waals surface area contributed by atoms with Gasteiger partial charge in [-0.25, -0.2) is 0 Å². The number of hydrogen-bond donors (Lipinski definition) is 2. The third kappa shape index (κ3) is 2.79. The molecule has 2 unspecified atom stereocenters. The van der Waals surface area contributed by atoms with Crippen LogP contribution in [-0.2, 0) is 6.18 Å². The van der Waals surface area contributed by atoms with Gasteiger partial charge in [0.25, 0.3) is 0 Å². The van der Waals surface area contributed by atoms with Crippen molar-refractivity contribution in [2.75, 3.05) is 0 Å². The highest BCUT2D eigenvalue weighted by atomic mass is 19.4. The molecule has 17 heavy (non-hydrogen) atoms. The zero-order chi connectivity index (χ0) is 12.6. The first-order chi connectivity index (χ1) is 7.89. The van der Waals surface area contributed by atoms with E-state index in [1.165, 1.54) is 12.1 Å². The molecule has 1 saturated carbocycles. The summed E-state index contributed by atoms with van der Waals surface area (Å²) in [6.07, 6.45) is -4.65. The van der Waals surface area contributed by atoms with Crippen LogP contribution >= 0.6 is 0 Å². The van der Waals surface area contributed by atoms with E-state index in [1.807, 2.05) is 0 Å². The third-order valence-corrected chi connectivity index (χ3v) is 3.01. The summed E-state index contributed by atoms with van der Waals surface area (Å²) >= 11 is 0. The normalized spacial score (nSPS) is 20.1. The molecule has 2 rings (SSSR count). The Morgan fingerprint density at radius 3 is 2.00 bits per heavy atom. The third-order valence-electron chi connectivity index (χ3n) is 3.01. The first kappa shape index (κ1) is 12.4. The lowest BCUT2D eigenvalue weighted by molar-refractivity contribution is -0.137. The molecule has 5 heteroatoms. The van der Waals surface area contributed by atoms with Gasteiger partial charge in [0.2, 0.25) is 0 Å². The van der Waals surface area contributed by atoms with Crippen LogP contribution in [0.3, 0.4) is 0 Å². The van der Waals surface area contributed by atoms with Gasteiger partial charge in [0, 0.05) is 0 Å². The Balaban J connectivity index is 2.11. The highest BCUT2D eigenvalue weighted by Gasteiger charge is 2.35. The van der Waals surface area contributed by atoms with Crippen LogP contribution < -0.4 is 0 Å². The molecule has 0 radical (unpaired) electrons. The summed E-state index contributed by atoms with van der Waals surface area (Å²) in [6.45, 7) is 0. The number of benzene rings is 1. The minimum Gasteiger partial charge on any atom is -0.390 e. The van der Waals surface area contributed by atoms with Gasteiger partial charge in [-0.2, -0.15) is 13.2 Å². The molecular weight excluding hydrogens is 233 g/mol. The Labute approximate surface area is 96.7 Å². The van der Waals surface area contributed by atoms with Crippen molar-refractivity contribution in [2.45, 2.75) is 31.2 Å². The predicted molar refractivity (Wildman–Crippen MR) is 55.1 cm³/mol. The average Bonchev–Trinajstić information content (AvgIpc) is 3.10. The molecule has 0 saturated heterocycles. The minimum atomic E-state index is -4.38. The van der Waals surface area contributed by atoms with Gasteiger partial charge in [0.15, 0.2) is 0 Å². The lowest BCUT2D eigenvalue weighted by atomic mass is 10.00. The van der Waals surface area contributed by atoms with Crippen molar-refractivity contribution < 1.29 is 23.4 Å². The fraction of sp³-hybridized carbons (Fsp3) is 0.500. The average molecular weight is 246 g/mol. The predicted octanol–water partition coefficient (Wildman–Crippen LogP) is 2.51. The van der Waals surface area contributed by atoms with Crippen LogP contribution in [0.5, 0.6) is 0 Å². The van der Waals surface area contributed by atoms with Crippen molar-refractivity contribution in [1.82, 2.24) is 0 Å². The molecule has 94 valence electrons. The second-order valence-electron chi connectivity index (χ2n) is 4.39. The molecule has 1 fully saturated rings. The number of aliphatic hydroxyl groups excluding tert-OH is 2. The molecule has 1 aromatic rings. The molecule has 2 nitrogen and oxygen atoms in total. The molecule has 0 aromatic heterocycles. The highest BCUT2D eigenvalue weighted by molar-refractivity contribution is 5.26. The molecule has 0 aliphatic heterocycles. The van der Waals surface area contributed by atoms with Crippen LogP contribution in [0.25, 0.3) is 0 Å². The smallest absolute Gasteiger partial charge is 0.390 e. The fourth-order valence-corrected chi connectivity index (χ4v) is 1.76. The first-order valence-corrected chi connectivity index (χ1v) is 5.43. The number of aliphatic hydroxyl groups is 2. The van der Waals surface area contributed by atoms with Gasteiger partial charge in [0.1, 0.15) is 6.10 Å². The number of hydrogen-bond acceptors (Lipinski definition) is 2. The van der Waals surface area contributed by atoms with E-state index in [0.717, 1.165) is 25.0 Å². The Morgan fingerprint density at radius 1 is 1.06 bits per heavy atom. The lowest BCUT2D eigenvalue weighted by Gasteiger charge is -2.18. The van der Waals surface area contributed by atoms with E-state index in [0.29, 0.717) is 5.56 Å². The van der Waals surface area contributed by atoms with E-state index in [2.05, 4.69) is 0 Å². The first-order valence-electron chi connectivity index (χ1n) is 5.43. The maximum atomic E-state index is 12.3. The molecule has 1 aliphatic rings. The highest BCUT2D eigenvalue weighted by Crippen LogP contribution is 2.38. The van der Waals surface area contributed by atoms with Crippen LogP contribution in [0.2, 0.25) is 0 Å². The lowest BCUT2D eigenvalue weighted by Crippen LogP contribution is -2.20. The largest absolute Gasteiger partial charge is 0.416 e. The van der Waals surface area contributed by atoms with E-state index in [4.69, 9.17) is 0 Å². The Kier molecular flexibility index (Phi) is 3.14. The van der Waals surface area contributed by atoms with Gasteiger partial charge in [-0.05, 0) is 36.5 Å². The van der Waals surface area contributed by atoms with E-state index in [9.17, 15) is 23.4 Å². The van der Waals surface area contributed by atoms with Gasteiger partial charge in [-0.15, -0.1) is 0 Å². The Morgan fingerprint density at radius 2 is 1.59 bits per heavy atom. The molecular formula is C12H13F3O2. The summed E-state index contributed by atoms with van der Waals surface area (Å²) < 4.78 is 36.9. The zero-order valence-electron chi connectivity index (χ0n) is 8.98. The minimum absolute atomic E-state index is 0.0762. The summed E-state index contributed by atoms with van der Waals surface area (Å²) in [6, 6.07) is 4.24. The monoisotopic (exact) mass is 246 g/mol. The van der Waals surface area contributed by atoms with Gasteiger partial charge >= 0.3 is 6.18 Å². The summed E-state index contributed by atoms with van der Waals surface area (Å²) in [5, 5.41) is 19.4. The van der Waals surface area contributed by atoms with E-state index < -0.39 is 23.9 Å². The molecule has 1 aromatic carbocycles. The SMILES string of the molecule is OC(c1ccc(C(F)(F)F)cc1)C(O)C1CC1. The van der Waals surface area contributed by atoms with Gasteiger partial charge in [0.05, 0.1) is 11.7 Å². The molecule has 0 bridgehead atoms. The van der Waals surface area contributed by atoms with Crippen LogP contribution in [-0.4, -0.2) is 16.3 Å². The second kappa shape index (κ2) is 4.31. The van der Waals surface area contributed by atoms with Gasteiger partial charge in [-0.1, -0.05) is 12.1 Å². The topological polar surface area (TPSA) is 40.5 Å². The Hall–Kier alpha value is -1.07. The second-order valence-corrected chi connectivity index (χ2v) is 4.39. The molecule has 0 amide bonds. The standard InChI is InChI=1S/C12H13F3O2/c13-12(14,15)9-5-3-8(4-6-9)11(17)10(16)7-1-2-7/h3-7,10-11,16-17H,1-2H2. The fourth-order valence-electron chi connectivity index (χ4n) is 1.76. The van der Waals surface area contributed by atoms with Crippen molar-refractivity contribution in [3.63, 3.8) is 0 Å². The number of halogens is 3. The maximum absolute atomic E-state index is 12.3. The zero-order valence-corrected chi connectivity index (χ0v) is 8.98. The number of rotatable bonds is 3. The van der Waals surface area contributed by atoms with E-state index in [-0.39, 0.29) is 5.92 Å². The van der Waals surface area contributed by atoms with Crippen molar-refractivity contribution in [3.8, 4) is 0 Å². The molecule has 0 spiro atoms. The summed E-state index contributed by atoms with van der Waals surface area (Å²) in [7, 11) is 0. The van der Waals surface area contributed by atoms with Crippen molar-refractivity contribution in [1.29, 1.82) is 0 Å². The molecule has 1 aliphatic carbocycles. The van der Waals surface area contributed by atoms with Crippen molar-refractivity contribution in [3.05, 3.63) is 35.4 Å². The van der Waals surface area contributed by atoms with E-state index in [1.54, 1.807) is 0 Å². The van der Waals surface area contributed by atoms with Gasteiger partial charge < -0.3 is 10.2 Å². The summed E-state index contributed by atoms with van der Waals surface area (Å²) in [5.41, 5.74) is -0.438. The van der Waals surface area contributed by atoms with Crippen molar-refractivity contribution >= 4 is 0 Å². The molecule has 2 atom stereocenters. The maximum Gasteiger partial charge on any atom is 0.416 e. The van der Waals surface area contributed by atoms with Gasteiger partial charge in [-0.3, -0.25) is 0 Å². The number of alkyl halides is 3. The Bertz CT molecular complexity index is 382. The summed E-state index contributed by atoms with van der Waals surface area (Å²) in [5.74, 6) is 0.0762. The van der Waals surface area contributed by atoms with Crippen molar-refractivity contribution in [2.24, 2.45) is 5.92 Å². The molecule has 0 heterocycles. The quantitative estimate of drug-likeness (QED) is 0.860. The van der Waals surface area contributed by atoms with Crippen LogP contribution in [0.1, 0.15) is 30.1 Å². The van der Waals surface area contributed by atoms with Crippen LogP contribution in [0.4, 0.5) is 13.2 Å². The van der Waals surface area contributed by atoms with Crippen LogP contribution in [0, 0.1) is 5.92 Å². The van der Waals surface area contributed by atoms with Crippen LogP contribution in [0.15, 0.2) is 24.3 Å². The van der Waals surface area contributed by atoms with E-state index >= 15 is 0 Å². The molecule has 2 N–H and O–H groups in total.